The number of rotatable bonds is 3. The van der Waals surface area contributed by atoms with Crippen LogP contribution in [0.15, 0.2) is 24.3 Å². The van der Waals surface area contributed by atoms with E-state index in [4.69, 9.17) is 4.98 Å². The van der Waals surface area contributed by atoms with Gasteiger partial charge in [0.05, 0.1) is 10.2 Å². The highest BCUT2D eigenvalue weighted by Crippen LogP contribution is 2.32. The van der Waals surface area contributed by atoms with Crippen molar-refractivity contribution in [2.75, 3.05) is 57.3 Å². The normalized spacial score (nSPS) is 23.3. The Bertz CT molecular complexity index is 803. The molecule has 4 heterocycles. The van der Waals surface area contributed by atoms with E-state index < -0.39 is 0 Å². The molecule has 2 aromatic rings. The van der Waals surface area contributed by atoms with Crippen LogP contribution in [0.2, 0.25) is 0 Å². The zero-order valence-corrected chi connectivity index (χ0v) is 19.6. The van der Waals surface area contributed by atoms with Crippen molar-refractivity contribution < 1.29 is 4.79 Å². The molecule has 3 saturated heterocycles. The molecule has 1 atom stereocenters. The molecule has 1 unspecified atom stereocenters. The molecule has 0 spiro atoms. The van der Waals surface area contributed by atoms with Gasteiger partial charge in [-0.05, 0) is 31.4 Å². The van der Waals surface area contributed by atoms with Gasteiger partial charge in [0.15, 0.2) is 5.13 Å². The number of thiazole rings is 1. The van der Waals surface area contributed by atoms with Gasteiger partial charge in [-0.1, -0.05) is 23.5 Å². The first-order valence-electron chi connectivity index (χ1n) is 10.6. The largest absolute Gasteiger partial charge is 0.348 e. The van der Waals surface area contributed by atoms with E-state index in [0.29, 0.717) is 11.9 Å². The molecule has 30 heavy (non-hydrogen) atoms. The van der Waals surface area contributed by atoms with E-state index in [2.05, 4.69) is 38.2 Å². The third kappa shape index (κ3) is 4.86. The predicted molar refractivity (Wildman–Crippen MR) is 128 cm³/mol. The standard InChI is InChI=1S/C21H29N5OS.2ClH/c27-20(26-12-7-17(15-26)24-13-8-22-9-14-24)16-5-10-25(11-6-16)21-23-18-3-1-2-4-19(18)28-21;;/h1-4,16-17,22H,5-15H2;2*1H. The second kappa shape index (κ2) is 10.5. The predicted octanol–water partition coefficient (Wildman–Crippen LogP) is 2.86. The van der Waals surface area contributed by atoms with Crippen LogP contribution in [-0.4, -0.2) is 79.1 Å². The van der Waals surface area contributed by atoms with E-state index in [-0.39, 0.29) is 30.7 Å². The van der Waals surface area contributed by atoms with Crippen LogP contribution in [0.3, 0.4) is 0 Å². The summed E-state index contributed by atoms with van der Waals surface area (Å²) < 4.78 is 1.24. The molecule has 1 aromatic heterocycles. The molecule has 0 aliphatic carbocycles. The highest BCUT2D eigenvalue weighted by molar-refractivity contribution is 7.22. The highest BCUT2D eigenvalue weighted by Gasteiger charge is 2.35. The summed E-state index contributed by atoms with van der Waals surface area (Å²) in [6.07, 6.45) is 3.03. The van der Waals surface area contributed by atoms with Crippen LogP contribution in [0.4, 0.5) is 5.13 Å². The number of carbonyl (C=O) groups excluding carboxylic acids is 1. The fourth-order valence-electron chi connectivity index (χ4n) is 4.86. The maximum atomic E-state index is 13.1. The molecule has 9 heteroatoms. The lowest BCUT2D eigenvalue weighted by Gasteiger charge is -2.34. The molecule has 5 rings (SSSR count). The van der Waals surface area contributed by atoms with Crippen molar-refractivity contribution in [3.8, 4) is 0 Å². The van der Waals surface area contributed by atoms with Gasteiger partial charge in [-0.25, -0.2) is 4.98 Å². The van der Waals surface area contributed by atoms with Gasteiger partial charge in [-0.2, -0.15) is 0 Å². The number of likely N-dealkylation sites (tertiary alicyclic amines) is 1. The Morgan fingerprint density at radius 3 is 2.47 bits per heavy atom. The zero-order chi connectivity index (χ0) is 18.9. The smallest absolute Gasteiger partial charge is 0.225 e. The van der Waals surface area contributed by atoms with Crippen LogP contribution in [0.5, 0.6) is 0 Å². The summed E-state index contributed by atoms with van der Waals surface area (Å²) in [5.74, 6) is 0.578. The van der Waals surface area contributed by atoms with Gasteiger partial charge in [0.1, 0.15) is 0 Å². The summed E-state index contributed by atoms with van der Waals surface area (Å²) in [6, 6.07) is 8.89. The minimum Gasteiger partial charge on any atom is -0.348 e. The van der Waals surface area contributed by atoms with E-state index in [1.807, 2.05) is 6.07 Å². The SMILES string of the molecule is Cl.Cl.O=C(C1CCN(c2nc3ccccc3s2)CC1)N1CCC(N2CCNCC2)C1. The number of fused-ring (bicyclic) bond motifs is 1. The number of amides is 1. The van der Waals surface area contributed by atoms with E-state index in [1.54, 1.807) is 11.3 Å². The number of piperazine rings is 1. The fourth-order valence-corrected chi connectivity index (χ4v) is 5.88. The van der Waals surface area contributed by atoms with E-state index in [1.165, 1.54) is 4.70 Å². The number of nitrogens with one attached hydrogen (secondary N) is 1. The molecule has 3 aliphatic rings. The molecule has 3 fully saturated rings. The molecule has 0 saturated carbocycles. The number of benzene rings is 1. The summed E-state index contributed by atoms with van der Waals surface area (Å²) >= 11 is 1.76. The average Bonchev–Trinajstić information content (AvgIpc) is 3.41. The van der Waals surface area contributed by atoms with Crippen LogP contribution >= 0.6 is 36.2 Å². The van der Waals surface area contributed by atoms with Crippen molar-refractivity contribution >= 4 is 57.4 Å². The first-order valence-corrected chi connectivity index (χ1v) is 11.4. The first kappa shape index (κ1) is 23.5. The number of nitrogens with zero attached hydrogens (tertiary/aromatic N) is 4. The highest BCUT2D eigenvalue weighted by atomic mass is 35.5. The van der Waals surface area contributed by atoms with Crippen LogP contribution in [0.1, 0.15) is 19.3 Å². The Kier molecular flexibility index (Phi) is 8.21. The Morgan fingerprint density at radius 2 is 1.73 bits per heavy atom. The maximum Gasteiger partial charge on any atom is 0.225 e. The molecule has 3 aliphatic heterocycles. The van der Waals surface area contributed by atoms with Gasteiger partial charge in [0, 0.05) is 64.3 Å². The van der Waals surface area contributed by atoms with Crippen LogP contribution in [-0.2, 0) is 4.79 Å². The molecule has 166 valence electrons. The monoisotopic (exact) mass is 471 g/mol. The first-order chi connectivity index (χ1) is 13.8. The number of halogens is 2. The van der Waals surface area contributed by atoms with Crippen molar-refractivity contribution in [2.24, 2.45) is 5.92 Å². The lowest BCUT2D eigenvalue weighted by atomic mass is 9.95. The van der Waals surface area contributed by atoms with Gasteiger partial charge in [-0.3, -0.25) is 9.69 Å². The van der Waals surface area contributed by atoms with Gasteiger partial charge in [0.25, 0.3) is 0 Å². The molecule has 1 amide bonds. The number of anilines is 1. The molecular weight excluding hydrogens is 441 g/mol. The van der Waals surface area contributed by atoms with Gasteiger partial charge in [-0.15, -0.1) is 24.8 Å². The average molecular weight is 472 g/mol. The van der Waals surface area contributed by atoms with Crippen LogP contribution in [0.25, 0.3) is 10.2 Å². The summed E-state index contributed by atoms with van der Waals surface area (Å²) in [6.45, 7) is 8.13. The van der Waals surface area contributed by atoms with Crippen molar-refractivity contribution in [1.82, 2.24) is 20.1 Å². The molecule has 0 bridgehead atoms. The van der Waals surface area contributed by atoms with Gasteiger partial charge < -0.3 is 15.1 Å². The second-order valence-corrected chi connectivity index (χ2v) is 9.25. The minimum atomic E-state index is 0. The number of aromatic nitrogens is 1. The molecule has 6 nitrogen and oxygen atoms in total. The molecular formula is C21H31Cl2N5OS. The number of hydrogen-bond acceptors (Lipinski definition) is 6. The quantitative estimate of drug-likeness (QED) is 0.745. The minimum absolute atomic E-state index is 0. The van der Waals surface area contributed by atoms with Crippen LogP contribution < -0.4 is 10.2 Å². The summed E-state index contributed by atoms with van der Waals surface area (Å²) in [5.41, 5.74) is 1.08. The summed E-state index contributed by atoms with van der Waals surface area (Å²) in [4.78, 5) is 24.9. The Morgan fingerprint density at radius 1 is 1.00 bits per heavy atom. The molecule has 1 N–H and O–H groups in total. The van der Waals surface area contributed by atoms with Gasteiger partial charge in [0.2, 0.25) is 5.91 Å². The number of para-hydroxylation sites is 1. The van der Waals surface area contributed by atoms with Crippen molar-refractivity contribution in [1.29, 1.82) is 0 Å². The third-order valence-corrected chi connectivity index (χ3v) is 7.64. The Hall–Kier alpha value is -1.12. The second-order valence-electron chi connectivity index (χ2n) is 8.24. The molecule has 1 aromatic carbocycles. The number of hydrogen-bond donors (Lipinski definition) is 1. The van der Waals surface area contributed by atoms with Crippen molar-refractivity contribution in [3.05, 3.63) is 24.3 Å². The van der Waals surface area contributed by atoms with Crippen molar-refractivity contribution in [3.63, 3.8) is 0 Å². The zero-order valence-electron chi connectivity index (χ0n) is 17.2. The van der Waals surface area contributed by atoms with E-state index >= 15 is 0 Å². The topological polar surface area (TPSA) is 51.7 Å². The Balaban J connectivity index is 0.00000128. The lowest BCUT2D eigenvalue weighted by Crippen LogP contribution is -2.50. The number of carbonyl (C=O) groups is 1. The maximum absolute atomic E-state index is 13.1. The third-order valence-electron chi connectivity index (χ3n) is 6.54. The van der Waals surface area contributed by atoms with E-state index in [0.717, 1.165) is 82.3 Å². The fraction of sp³-hybridized carbons (Fsp3) is 0.619. The molecule has 0 radical (unpaired) electrons. The van der Waals surface area contributed by atoms with E-state index in [9.17, 15) is 4.79 Å². The van der Waals surface area contributed by atoms with Crippen LogP contribution in [0, 0.1) is 5.92 Å². The van der Waals surface area contributed by atoms with Gasteiger partial charge >= 0.3 is 0 Å². The summed E-state index contributed by atoms with van der Waals surface area (Å²) in [7, 11) is 0. The summed E-state index contributed by atoms with van der Waals surface area (Å²) in [5, 5.41) is 4.52. The number of piperidine rings is 1. The van der Waals surface area contributed by atoms with Crippen molar-refractivity contribution in [2.45, 2.75) is 25.3 Å². The Labute approximate surface area is 194 Å². The lowest BCUT2D eigenvalue weighted by molar-refractivity contribution is -0.135.